The van der Waals surface area contributed by atoms with E-state index in [1.54, 1.807) is 6.92 Å². The van der Waals surface area contributed by atoms with Crippen molar-refractivity contribution < 1.29 is 19.1 Å². The first kappa shape index (κ1) is 15.4. The summed E-state index contributed by atoms with van der Waals surface area (Å²) < 4.78 is 11.8. The number of aliphatic hydroxyl groups is 1. The van der Waals surface area contributed by atoms with Crippen LogP contribution in [-0.2, 0) is 9.59 Å². The molecule has 94 valence electrons. The average Bonchev–Trinajstić information content (AvgIpc) is 2.24. The van der Waals surface area contributed by atoms with Gasteiger partial charge in [-0.15, -0.1) is 0 Å². The Kier molecular flexibility index (Phi) is 9.22. The van der Waals surface area contributed by atoms with Crippen molar-refractivity contribution >= 4 is 22.8 Å². The second kappa shape index (κ2) is 9.59. The van der Waals surface area contributed by atoms with E-state index in [-0.39, 0.29) is 23.9 Å². The maximum Gasteiger partial charge on any atom is 0.219 e. The fourth-order valence-electron chi connectivity index (χ4n) is 0.960. The van der Waals surface area contributed by atoms with Gasteiger partial charge in [-0.1, -0.05) is 18.7 Å². The van der Waals surface area contributed by atoms with Gasteiger partial charge in [0.2, 0.25) is 5.91 Å². The number of hydrogen-bond acceptors (Lipinski definition) is 4. The molecule has 0 spiro atoms. The minimum Gasteiger partial charge on any atom is -0.393 e. The van der Waals surface area contributed by atoms with Gasteiger partial charge < -0.3 is 10.4 Å². The number of thioether (sulfide) groups is 1. The van der Waals surface area contributed by atoms with Gasteiger partial charge in [0.1, 0.15) is 0 Å². The molecule has 1 atom stereocenters. The summed E-state index contributed by atoms with van der Waals surface area (Å²) in [5.41, 5.74) is 0. The van der Waals surface area contributed by atoms with E-state index in [0.717, 1.165) is 11.8 Å². The van der Waals surface area contributed by atoms with Crippen LogP contribution in [0.1, 0.15) is 26.2 Å². The molecule has 0 bridgehead atoms. The Bertz CT molecular complexity index is 226. The van der Waals surface area contributed by atoms with E-state index < -0.39 is 12.8 Å². The molecule has 2 N–H and O–H groups in total. The van der Waals surface area contributed by atoms with Crippen LogP contribution >= 0.6 is 11.8 Å². The maximum absolute atomic E-state index is 11.8. The van der Waals surface area contributed by atoms with Crippen molar-refractivity contribution in [2.24, 2.45) is 0 Å². The summed E-state index contributed by atoms with van der Waals surface area (Å²) in [4.78, 5) is 22.0. The molecule has 0 saturated carbocycles. The Balaban J connectivity index is 3.47. The van der Waals surface area contributed by atoms with Gasteiger partial charge in [-0.05, 0) is 0 Å². The lowest BCUT2D eigenvalue weighted by molar-refractivity contribution is -0.120. The first-order valence-electron chi connectivity index (χ1n) is 5.26. The van der Waals surface area contributed by atoms with E-state index in [1.165, 1.54) is 0 Å². The molecule has 0 unspecified atom stereocenters. The van der Waals surface area contributed by atoms with E-state index in [2.05, 4.69) is 5.32 Å². The van der Waals surface area contributed by atoms with Gasteiger partial charge in [0, 0.05) is 31.6 Å². The van der Waals surface area contributed by atoms with Crippen LogP contribution in [0.15, 0.2) is 0 Å². The summed E-state index contributed by atoms with van der Waals surface area (Å²) in [5.74, 6) is 0.429. The van der Waals surface area contributed by atoms with Gasteiger partial charge in [-0.3, -0.25) is 14.0 Å². The number of hydrogen-bond donors (Lipinski definition) is 2. The third kappa shape index (κ3) is 8.67. The number of carbonyl (C=O) groups is 2. The summed E-state index contributed by atoms with van der Waals surface area (Å²) >= 11 is 1.05. The molecule has 1 amide bonds. The van der Waals surface area contributed by atoms with Crippen molar-refractivity contribution in [2.75, 3.05) is 19.0 Å². The van der Waals surface area contributed by atoms with Crippen LogP contribution in [0.25, 0.3) is 0 Å². The van der Waals surface area contributed by atoms with Crippen LogP contribution in [-0.4, -0.2) is 41.2 Å². The van der Waals surface area contributed by atoms with Crippen LogP contribution in [0, 0.1) is 0 Å². The van der Waals surface area contributed by atoms with Gasteiger partial charge in [-0.2, -0.15) is 0 Å². The summed E-state index contributed by atoms with van der Waals surface area (Å²) in [6.07, 6.45) is -0.501. The molecule has 16 heavy (non-hydrogen) atoms. The highest BCUT2D eigenvalue weighted by atomic mass is 32.2. The van der Waals surface area contributed by atoms with Crippen molar-refractivity contribution in [3.8, 4) is 0 Å². The smallest absolute Gasteiger partial charge is 0.219 e. The standard InChI is InChI=1S/C10H18FNO3S/c1-2-9(14)12-5-6-16-10(15)7-8(13)3-4-11/h8,13H,2-7H2,1H3,(H,12,14)/t8-/m1/s1. The lowest BCUT2D eigenvalue weighted by Crippen LogP contribution is -2.25. The zero-order chi connectivity index (χ0) is 12.4. The molecule has 0 aromatic rings. The maximum atomic E-state index is 11.8. The first-order chi connectivity index (χ1) is 7.60. The first-order valence-corrected chi connectivity index (χ1v) is 6.25. The number of aliphatic hydroxyl groups excluding tert-OH is 1. The molecule has 4 nitrogen and oxygen atoms in total. The fourth-order valence-corrected chi connectivity index (χ4v) is 1.70. The number of alkyl halides is 1. The van der Waals surface area contributed by atoms with Crippen molar-refractivity contribution in [1.29, 1.82) is 0 Å². The number of halogens is 1. The molecular weight excluding hydrogens is 233 g/mol. The molecule has 0 heterocycles. The molecule has 0 saturated heterocycles. The van der Waals surface area contributed by atoms with Gasteiger partial charge in [0.25, 0.3) is 0 Å². The Morgan fingerprint density at radius 2 is 2.19 bits per heavy atom. The fraction of sp³-hybridized carbons (Fsp3) is 0.800. The van der Waals surface area contributed by atoms with Crippen molar-refractivity contribution in [2.45, 2.75) is 32.3 Å². The quantitative estimate of drug-likeness (QED) is 0.629. The topological polar surface area (TPSA) is 66.4 Å². The second-order valence-corrected chi connectivity index (χ2v) is 4.41. The zero-order valence-electron chi connectivity index (χ0n) is 9.37. The van der Waals surface area contributed by atoms with Gasteiger partial charge in [0.05, 0.1) is 12.8 Å². The molecule has 0 rings (SSSR count). The van der Waals surface area contributed by atoms with E-state index >= 15 is 0 Å². The lowest BCUT2D eigenvalue weighted by Gasteiger charge is -2.07. The largest absolute Gasteiger partial charge is 0.393 e. The molecule has 0 aliphatic carbocycles. The van der Waals surface area contributed by atoms with Crippen LogP contribution in [0.4, 0.5) is 4.39 Å². The minimum absolute atomic E-state index is 0.00112. The molecular formula is C10H18FNO3S. The van der Waals surface area contributed by atoms with Crippen molar-refractivity contribution in [3.05, 3.63) is 0 Å². The van der Waals surface area contributed by atoms with Gasteiger partial charge in [-0.25, -0.2) is 0 Å². The Labute approximate surface area is 99.0 Å². The van der Waals surface area contributed by atoms with Crippen molar-refractivity contribution in [1.82, 2.24) is 5.32 Å². The predicted octanol–water partition coefficient (Wildman–Crippen LogP) is 0.883. The van der Waals surface area contributed by atoms with E-state index in [1.807, 2.05) is 0 Å². The van der Waals surface area contributed by atoms with E-state index in [9.17, 15) is 14.0 Å². The Morgan fingerprint density at radius 3 is 2.75 bits per heavy atom. The van der Waals surface area contributed by atoms with E-state index in [4.69, 9.17) is 5.11 Å². The second-order valence-electron chi connectivity index (χ2n) is 3.26. The highest BCUT2D eigenvalue weighted by Gasteiger charge is 2.10. The molecule has 0 aliphatic heterocycles. The molecule has 0 fully saturated rings. The number of nitrogens with one attached hydrogen (secondary N) is 1. The molecule has 6 heteroatoms. The highest BCUT2D eigenvalue weighted by Crippen LogP contribution is 2.09. The molecule has 0 aromatic carbocycles. The molecule has 0 aromatic heterocycles. The van der Waals surface area contributed by atoms with Crippen LogP contribution in [0.2, 0.25) is 0 Å². The summed E-state index contributed by atoms with van der Waals surface area (Å²) in [5, 5.41) is 11.6. The minimum atomic E-state index is -0.893. The third-order valence-corrected chi connectivity index (χ3v) is 2.75. The zero-order valence-corrected chi connectivity index (χ0v) is 10.2. The molecule has 0 aliphatic rings. The Morgan fingerprint density at radius 1 is 1.50 bits per heavy atom. The van der Waals surface area contributed by atoms with Crippen molar-refractivity contribution in [3.63, 3.8) is 0 Å². The van der Waals surface area contributed by atoms with Gasteiger partial charge in [0.15, 0.2) is 5.12 Å². The number of amides is 1. The van der Waals surface area contributed by atoms with Crippen LogP contribution < -0.4 is 5.32 Å². The van der Waals surface area contributed by atoms with Crippen LogP contribution in [0.5, 0.6) is 0 Å². The summed E-state index contributed by atoms with van der Waals surface area (Å²) in [7, 11) is 0. The monoisotopic (exact) mass is 251 g/mol. The number of carbonyl (C=O) groups excluding carboxylic acids is 2. The predicted molar refractivity (Wildman–Crippen MR) is 62.0 cm³/mol. The average molecular weight is 251 g/mol. The lowest BCUT2D eigenvalue weighted by atomic mass is 10.2. The summed E-state index contributed by atoms with van der Waals surface area (Å²) in [6.45, 7) is 1.56. The summed E-state index contributed by atoms with van der Waals surface area (Å²) in [6, 6.07) is 0. The van der Waals surface area contributed by atoms with Crippen LogP contribution in [0.3, 0.4) is 0 Å². The third-order valence-electron chi connectivity index (χ3n) is 1.85. The van der Waals surface area contributed by atoms with Gasteiger partial charge >= 0.3 is 0 Å². The highest BCUT2D eigenvalue weighted by molar-refractivity contribution is 8.13. The molecule has 0 radical (unpaired) electrons. The Hall–Kier alpha value is -0.620. The number of rotatable bonds is 8. The van der Waals surface area contributed by atoms with E-state index in [0.29, 0.717) is 18.7 Å². The normalized spacial score (nSPS) is 12.2. The SMILES string of the molecule is CCC(=O)NCCSC(=O)C[C@H](O)CCF.